The summed E-state index contributed by atoms with van der Waals surface area (Å²) in [4.78, 5) is 24.5. The predicted molar refractivity (Wildman–Crippen MR) is 338 cm³/mol. The minimum Gasteiger partial charge on any atom is -0.466 e. The van der Waals surface area contributed by atoms with Gasteiger partial charge in [-0.2, -0.15) is 0 Å². The molecule has 0 aromatic carbocycles. The number of aliphatic hydroxyl groups excluding tert-OH is 2. The Morgan fingerprint density at radius 3 is 1.05 bits per heavy atom. The molecule has 0 saturated carbocycles. The van der Waals surface area contributed by atoms with Crippen LogP contribution in [0.5, 0.6) is 0 Å². The van der Waals surface area contributed by atoms with Crippen molar-refractivity contribution in [2.75, 3.05) is 13.2 Å². The average molecular weight is 1080 g/mol. The summed E-state index contributed by atoms with van der Waals surface area (Å²) in [5, 5.41) is 23.2. The van der Waals surface area contributed by atoms with Crippen LogP contribution in [0.15, 0.2) is 48.6 Å². The van der Waals surface area contributed by atoms with Gasteiger partial charge in [0.15, 0.2) is 0 Å². The van der Waals surface area contributed by atoms with Crippen molar-refractivity contribution in [3.63, 3.8) is 0 Å². The number of ether oxygens (including phenoxy) is 1. The SMILES string of the molecule is CCC/C=C\C/C=C\CCCCCCCC(=O)OCCCCCCCCCCCCCC/C=C\CCCCCCCCCCCCCC(=O)NC(CO)C(O)/C=C/CCCCCCCCCCCCCCCCCCCC. The average Bonchev–Trinajstić information content (AvgIpc) is 3.43. The minimum absolute atomic E-state index is 0.000670. The molecule has 0 heterocycles. The quantitative estimate of drug-likeness (QED) is 0.0320. The standard InChI is InChI=1S/C71H133NO5/c1-3-5-7-9-11-13-15-17-18-19-20-30-33-36-40-43-47-51-55-59-63-69(74)68(67-73)72-70(75)64-60-56-52-48-44-41-37-34-31-28-26-24-22-21-23-25-27-29-32-35-38-42-46-50-54-58-62-66-77-71(76)65-61-57-53-49-45-39-16-14-12-10-8-6-4-2/h8,10,14,16,21-22,59,63,68-69,73-74H,3-7,9,11-13,15,17-20,23-58,60-62,64-67H2,1-2H3,(H,72,75)/b10-8-,16-14-,22-21-,63-59+. The van der Waals surface area contributed by atoms with Crippen molar-refractivity contribution in [1.82, 2.24) is 5.32 Å². The third-order valence-electron chi connectivity index (χ3n) is 15.8. The van der Waals surface area contributed by atoms with Crippen molar-refractivity contribution in [2.45, 2.75) is 379 Å². The zero-order valence-electron chi connectivity index (χ0n) is 51.7. The van der Waals surface area contributed by atoms with Crippen molar-refractivity contribution in [1.29, 1.82) is 0 Å². The van der Waals surface area contributed by atoms with E-state index in [2.05, 4.69) is 55.6 Å². The van der Waals surface area contributed by atoms with Crippen LogP contribution in [0.2, 0.25) is 0 Å². The number of aliphatic hydroxyl groups is 2. The molecule has 77 heavy (non-hydrogen) atoms. The number of amides is 1. The van der Waals surface area contributed by atoms with Crippen molar-refractivity contribution in [3.05, 3.63) is 48.6 Å². The Bertz CT molecular complexity index is 1290. The van der Waals surface area contributed by atoms with Gasteiger partial charge in [-0.05, 0) is 83.5 Å². The number of carbonyl (C=O) groups is 2. The molecule has 6 heteroatoms. The molecule has 0 saturated heterocycles. The van der Waals surface area contributed by atoms with E-state index in [0.29, 0.717) is 19.4 Å². The number of carbonyl (C=O) groups excluding carboxylic acids is 2. The van der Waals surface area contributed by atoms with Crippen LogP contribution in [0.3, 0.4) is 0 Å². The molecule has 6 nitrogen and oxygen atoms in total. The molecule has 0 aliphatic carbocycles. The number of hydrogen-bond donors (Lipinski definition) is 3. The zero-order chi connectivity index (χ0) is 55.7. The van der Waals surface area contributed by atoms with Gasteiger partial charge in [0.25, 0.3) is 0 Å². The summed E-state index contributed by atoms with van der Waals surface area (Å²) in [6.45, 7) is 4.86. The minimum atomic E-state index is -0.846. The van der Waals surface area contributed by atoms with E-state index in [1.54, 1.807) is 6.08 Å². The molecule has 0 rings (SSSR count). The van der Waals surface area contributed by atoms with E-state index < -0.39 is 12.1 Å². The number of allylic oxidation sites excluding steroid dienone is 7. The third kappa shape index (κ3) is 62.9. The van der Waals surface area contributed by atoms with Crippen molar-refractivity contribution < 1.29 is 24.5 Å². The highest BCUT2D eigenvalue weighted by molar-refractivity contribution is 5.76. The normalized spacial score (nSPS) is 12.8. The highest BCUT2D eigenvalue weighted by atomic mass is 16.5. The van der Waals surface area contributed by atoms with Crippen LogP contribution >= 0.6 is 0 Å². The van der Waals surface area contributed by atoms with E-state index in [1.807, 2.05) is 6.08 Å². The number of hydrogen-bond acceptors (Lipinski definition) is 5. The van der Waals surface area contributed by atoms with Gasteiger partial charge in [-0.1, -0.05) is 319 Å². The molecule has 452 valence electrons. The molecule has 0 fully saturated rings. The summed E-state index contributed by atoms with van der Waals surface area (Å²) >= 11 is 0. The van der Waals surface area contributed by atoms with Gasteiger partial charge in [0, 0.05) is 12.8 Å². The van der Waals surface area contributed by atoms with Gasteiger partial charge >= 0.3 is 5.97 Å². The predicted octanol–water partition coefficient (Wildman–Crippen LogP) is 22.1. The second kappa shape index (κ2) is 66.3. The van der Waals surface area contributed by atoms with Crippen molar-refractivity contribution in [3.8, 4) is 0 Å². The van der Waals surface area contributed by atoms with Gasteiger partial charge in [-0.25, -0.2) is 0 Å². The smallest absolute Gasteiger partial charge is 0.305 e. The monoisotopic (exact) mass is 1080 g/mol. The van der Waals surface area contributed by atoms with Gasteiger partial charge in [-0.15, -0.1) is 0 Å². The van der Waals surface area contributed by atoms with Crippen LogP contribution < -0.4 is 5.32 Å². The van der Waals surface area contributed by atoms with Crippen LogP contribution in [0.4, 0.5) is 0 Å². The summed E-state index contributed by atoms with van der Waals surface area (Å²) in [6.07, 6.45) is 86.1. The van der Waals surface area contributed by atoms with Crippen LogP contribution in [-0.2, 0) is 14.3 Å². The highest BCUT2D eigenvalue weighted by Crippen LogP contribution is 2.18. The second-order valence-corrected chi connectivity index (χ2v) is 23.5. The zero-order valence-corrected chi connectivity index (χ0v) is 51.7. The first kappa shape index (κ1) is 74.8. The molecule has 2 atom stereocenters. The molecule has 0 aromatic rings. The molecule has 0 bridgehead atoms. The maximum absolute atomic E-state index is 12.5. The lowest BCUT2D eigenvalue weighted by Crippen LogP contribution is -2.45. The maximum Gasteiger partial charge on any atom is 0.305 e. The topological polar surface area (TPSA) is 95.9 Å². The van der Waals surface area contributed by atoms with Gasteiger partial charge < -0.3 is 20.3 Å². The van der Waals surface area contributed by atoms with E-state index in [9.17, 15) is 19.8 Å². The molecule has 1 amide bonds. The summed E-state index contributed by atoms with van der Waals surface area (Å²) in [5.74, 6) is -0.0668. The summed E-state index contributed by atoms with van der Waals surface area (Å²) in [5.41, 5.74) is 0. The van der Waals surface area contributed by atoms with E-state index in [1.165, 1.54) is 289 Å². The molecule has 0 aromatic heterocycles. The van der Waals surface area contributed by atoms with Gasteiger partial charge in [0.1, 0.15) is 0 Å². The largest absolute Gasteiger partial charge is 0.466 e. The van der Waals surface area contributed by atoms with Crippen LogP contribution in [0, 0.1) is 0 Å². The second-order valence-electron chi connectivity index (χ2n) is 23.5. The summed E-state index contributed by atoms with van der Waals surface area (Å²) in [7, 11) is 0. The molecular weight excluding hydrogens is 947 g/mol. The van der Waals surface area contributed by atoms with Gasteiger partial charge in [0.2, 0.25) is 5.91 Å². The fourth-order valence-corrected chi connectivity index (χ4v) is 10.6. The Kier molecular flexibility index (Phi) is 64.5. The molecule has 2 unspecified atom stereocenters. The lowest BCUT2D eigenvalue weighted by atomic mass is 10.0. The van der Waals surface area contributed by atoms with Crippen LogP contribution in [-0.4, -0.2) is 47.4 Å². The first-order valence-electron chi connectivity index (χ1n) is 34.4. The van der Waals surface area contributed by atoms with Gasteiger partial charge in [0.05, 0.1) is 25.4 Å². The van der Waals surface area contributed by atoms with Crippen LogP contribution in [0.1, 0.15) is 367 Å². The van der Waals surface area contributed by atoms with E-state index in [-0.39, 0.29) is 18.5 Å². The highest BCUT2D eigenvalue weighted by Gasteiger charge is 2.18. The summed E-state index contributed by atoms with van der Waals surface area (Å²) in [6, 6.07) is -0.630. The number of rotatable bonds is 64. The Morgan fingerprint density at radius 1 is 0.364 bits per heavy atom. The Morgan fingerprint density at radius 2 is 0.675 bits per heavy atom. The lowest BCUT2D eigenvalue weighted by molar-refractivity contribution is -0.143. The molecular formula is C71H133NO5. The van der Waals surface area contributed by atoms with Gasteiger partial charge in [-0.3, -0.25) is 9.59 Å². The van der Waals surface area contributed by atoms with E-state index in [4.69, 9.17) is 4.74 Å². The fraction of sp³-hybridized carbons (Fsp3) is 0.859. The molecule has 0 spiro atoms. The third-order valence-corrected chi connectivity index (χ3v) is 15.8. The van der Waals surface area contributed by atoms with E-state index >= 15 is 0 Å². The molecule has 3 N–H and O–H groups in total. The molecule has 0 aliphatic rings. The Labute approximate surface area is 480 Å². The first-order valence-corrected chi connectivity index (χ1v) is 34.4. The maximum atomic E-state index is 12.5. The van der Waals surface area contributed by atoms with Crippen molar-refractivity contribution in [2.24, 2.45) is 0 Å². The Hall–Kier alpha value is -2.18. The summed E-state index contributed by atoms with van der Waals surface area (Å²) < 4.78 is 5.47. The molecule has 0 aliphatic heterocycles. The lowest BCUT2D eigenvalue weighted by Gasteiger charge is -2.20. The number of esters is 1. The van der Waals surface area contributed by atoms with Crippen molar-refractivity contribution >= 4 is 11.9 Å². The number of nitrogens with one attached hydrogen (secondary N) is 1. The Balaban J connectivity index is 3.42. The fourth-order valence-electron chi connectivity index (χ4n) is 10.6. The number of unbranched alkanes of at least 4 members (excludes halogenated alkanes) is 47. The first-order chi connectivity index (χ1) is 38.0. The molecule has 0 radical (unpaired) electrons. The van der Waals surface area contributed by atoms with E-state index in [0.717, 1.165) is 51.4 Å². The van der Waals surface area contributed by atoms with Crippen LogP contribution in [0.25, 0.3) is 0 Å².